The molecule has 78 valence electrons. The number of halogens is 4. The molecule has 0 aliphatic carbocycles. The standard InChI is InChI=1S/C5H7BrClF2NO2S/c6-4(7)5(8,9)10-2(1-13)3(11)12/h2,4,10,13H,1H2,(H,11,12)/t2-,4?/m0/s1. The Morgan fingerprint density at radius 1 is 1.77 bits per heavy atom. The Morgan fingerprint density at radius 3 is 2.46 bits per heavy atom. The van der Waals surface area contributed by atoms with Crippen LogP contribution in [0.4, 0.5) is 8.78 Å². The molecule has 0 spiro atoms. The van der Waals surface area contributed by atoms with Crippen LogP contribution in [0.5, 0.6) is 0 Å². The SMILES string of the molecule is O=C(O)[C@H](CS)NC(F)(F)C(Cl)Br. The smallest absolute Gasteiger partial charge is 0.329 e. The van der Waals surface area contributed by atoms with Crippen LogP contribution in [-0.4, -0.2) is 33.2 Å². The number of hydrogen-bond donors (Lipinski definition) is 3. The first-order valence-electron chi connectivity index (χ1n) is 3.08. The summed E-state index contributed by atoms with van der Waals surface area (Å²) in [5.41, 5.74) is 0. The van der Waals surface area contributed by atoms with Crippen molar-refractivity contribution in [3.05, 3.63) is 0 Å². The Hall–Kier alpha value is 0.410. The molecule has 0 rings (SSSR count). The molecule has 0 saturated heterocycles. The third kappa shape index (κ3) is 4.44. The molecule has 8 heteroatoms. The highest BCUT2D eigenvalue weighted by atomic mass is 79.9. The van der Waals surface area contributed by atoms with Gasteiger partial charge in [-0.15, -0.1) is 11.6 Å². The number of carboxylic acids is 1. The van der Waals surface area contributed by atoms with Crippen LogP contribution in [-0.2, 0) is 4.79 Å². The molecule has 0 aromatic rings. The second-order valence-corrected chi connectivity index (χ2v) is 4.39. The number of rotatable bonds is 5. The van der Waals surface area contributed by atoms with Gasteiger partial charge in [-0.25, -0.2) is 5.32 Å². The van der Waals surface area contributed by atoms with Crippen molar-refractivity contribution in [1.82, 2.24) is 5.32 Å². The monoisotopic (exact) mass is 297 g/mol. The molecule has 0 saturated carbocycles. The fourth-order valence-electron chi connectivity index (χ4n) is 0.481. The Bertz CT molecular complexity index is 195. The zero-order valence-corrected chi connectivity index (χ0v) is 9.41. The summed E-state index contributed by atoms with van der Waals surface area (Å²) in [5.74, 6) is -1.65. The van der Waals surface area contributed by atoms with Crippen LogP contribution in [0.1, 0.15) is 0 Å². The summed E-state index contributed by atoms with van der Waals surface area (Å²) in [7, 11) is 0. The van der Waals surface area contributed by atoms with Crippen LogP contribution >= 0.6 is 40.2 Å². The normalized spacial score (nSPS) is 16.7. The van der Waals surface area contributed by atoms with E-state index < -0.39 is 22.3 Å². The van der Waals surface area contributed by atoms with Crippen molar-refractivity contribution < 1.29 is 18.7 Å². The molecule has 0 amide bonds. The van der Waals surface area contributed by atoms with Gasteiger partial charge in [-0.1, -0.05) is 15.9 Å². The van der Waals surface area contributed by atoms with Crippen LogP contribution in [0.3, 0.4) is 0 Å². The van der Waals surface area contributed by atoms with Crippen molar-refractivity contribution in [3.8, 4) is 0 Å². The molecule has 2 atom stereocenters. The van der Waals surface area contributed by atoms with Gasteiger partial charge in [0.1, 0.15) is 6.04 Å². The van der Waals surface area contributed by atoms with E-state index in [-0.39, 0.29) is 5.75 Å². The molecule has 0 aromatic carbocycles. The zero-order valence-electron chi connectivity index (χ0n) is 6.18. The number of thiol groups is 1. The number of carboxylic acid groups (broad SMARTS) is 1. The summed E-state index contributed by atoms with van der Waals surface area (Å²) in [4.78, 5) is 10.3. The van der Waals surface area contributed by atoms with Gasteiger partial charge in [0.25, 0.3) is 0 Å². The molecular formula is C5H7BrClF2NO2S. The fourth-order valence-corrected chi connectivity index (χ4v) is 0.923. The van der Waals surface area contributed by atoms with Gasteiger partial charge in [0, 0.05) is 5.75 Å². The minimum Gasteiger partial charge on any atom is -0.480 e. The van der Waals surface area contributed by atoms with Gasteiger partial charge >= 0.3 is 12.0 Å². The first-order valence-corrected chi connectivity index (χ1v) is 5.07. The second-order valence-electron chi connectivity index (χ2n) is 2.14. The van der Waals surface area contributed by atoms with E-state index in [1.54, 1.807) is 5.32 Å². The first kappa shape index (κ1) is 13.4. The first-order chi connectivity index (χ1) is 5.81. The van der Waals surface area contributed by atoms with Crippen LogP contribution in [0.15, 0.2) is 0 Å². The van der Waals surface area contributed by atoms with Crippen molar-refractivity contribution >= 4 is 46.1 Å². The fraction of sp³-hybridized carbons (Fsp3) is 0.800. The number of hydrogen-bond acceptors (Lipinski definition) is 3. The quantitative estimate of drug-likeness (QED) is 0.410. The third-order valence-corrected chi connectivity index (χ3v) is 2.34. The van der Waals surface area contributed by atoms with Crippen molar-refractivity contribution in [1.29, 1.82) is 0 Å². The molecule has 3 nitrogen and oxygen atoms in total. The van der Waals surface area contributed by atoms with Gasteiger partial charge in [0.05, 0.1) is 0 Å². The number of nitrogens with one attached hydrogen (secondary N) is 1. The number of alkyl halides is 4. The molecular weight excluding hydrogens is 291 g/mol. The van der Waals surface area contributed by atoms with E-state index in [9.17, 15) is 13.6 Å². The Morgan fingerprint density at radius 2 is 2.23 bits per heavy atom. The summed E-state index contributed by atoms with van der Waals surface area (Å²) in [6, 6.07) is -4.93. The minimum absolute atomic E-state index is 0.248. The van der Waals surface area contributed by atoms with Crippen molar-refractivity contribution in [2.45, 2.75) is 16.4 Å². The lowest BCUT2D eigenvalue weighted by Crippen LogP contribution is -2.52. The van der Waals surface area contributed by atoms with Crippen molar-refractivity contribution in [3.63, 3.8) is 0 Å². The molecule has 0 bridgehead atoms. The topological polar surface area (TPSA) is 49.3 Å². The lowest BCUT2D eigenvalue weighted by molar-refractivity contribution is -0.142. The molecule has 0 aliphatic heterocycles. The van der Waals surface area contributed by atoms with E-state index >= 15 is 0 Å². The van der Waals surface area contributed by atoms with E-state index in [0.717, 1.165) is 0 Å². The van der Waals surface area contributed by atoms with Crippen LogP contribution in [0, 0.1) is 0 Å². The lowest BCUT2D eigenvalue weighted by atomic mass is 10.3. The van der Waals surface area contributed by atoms with Crippen LogP contribution < -0.4 is 5.32 Å². The Balaban J connectivity index is 4.30. The van der Waals surface area contributed by atoms with E-state index in [4.69, 9.17) is 16.7 Å². The number of aliphatic carboxylic acids is 1. The summed E-state index contributed by atoms with van der Waals surface area (Å²) < 4.78 is 23.8. The van der Waals surface area contributed by atoms with Gasteiger partial charge in [0.2, 0.25) is 0 Å². The van der Waals surface area contributed by atoms with Crippen LogP contribution in [0.25, 0.3) is 0 Å². The summed E-state index contributed by atoms with van der Waals surface area (Å²) >= 11 is 11.1. The molecule has 0 radical (unpaired) electrons. The predicted molar refractivity (Wildman–Crippen MR) is 51.9 cm³/mol. The average molecular weight is 299 g/mol. The summed E-state index contributed by atoms with van der Waals surface area (Å²) in [6.07, 6.45) is 0. The second kappa shape index (κ2) is 5.33. The van der Waals surface area contributed by atoms with Gasteiger partial charge in [-0.3, -0.25) is 4.79 Å². The average Bonchev–Trinajstić information content (AvgIpc) is 1.99. The van der Waals surface area contributed by atoms with Crippen LogP contribution in [0.2, 0.25) is 0 Å². The molecule has 2 N–H and O–H groups in total. The maximum Gasteiger partial charge on any atom is 0.329 e. The molecule has 13 heavy (non-hydrogen) atoms. The summed E-state index contributed by atoms with van der Waals surface area (Å²) in [5, 5.41) is 9.97. The van der Waals surface area contributed by atoms with E-state index in [1.165, 1.54) is 0 Å². The van der Waals surface area contributed by atoms with E-state index in [1.807, 2.05) is 0 Å². The van der Waals surface area contributed by atoms with Crippen molar-refractivity contribution in [2.24, 2.45) is 0 Å². The van der Waals surface area contributed by atoms with Gasteiger partial charge in [-0.2, -0.15) is 21.4 Å². The Kier molecular flexibility index (Phi) is 5.50. The molecule has 0 fully saturated rings. The van der Waals surface area contributed by atoms with Gasteiger partial charge in [-0.05, 0) is 0 Å². The zero-order chi connectivity index (χ0) is 10.6. The predicted octanol–water partition coefficient (Wildman–Crippen LogP) is 1.51. The Labute approximate surface area is 92.4 Å². The lowest BCUT2D eigenvalue weighted by Gasteiger charge is -2.22. The highest BCUT2D eigenvalue weighted by molar-refractivity contribution is 9.10. The minimum atomic E-state index is -3.49. The van der Waals surface area contributed by atoms with Gasteiger partial charge < -0.3 is 5.11 Å². The third-order valence-electron chi connectivity index (χ3n) is 1.12. The van der Waals surface area contributed by atoms with E-state index in [2.05, 4.69) is 28.6 Å². The molecule has 0 heterocycles. The highest BCUT2D eigenvalue weighted by Gasteiger charge is 2.40. The summed E-state index contributed by atoms with van der Waals surface area (Å²) in [6.45, 7) is 0. The van der Waals surface area contributed by atoms with E-state index in [0.29, 0.717) is 0 Å². The largest absolute Gasteiger partial charge is 0.480 e. The molecule has 0 aliphatic rings. The number of carbonyl (C=O) groups is 1. The maximum absolute atomic E-state index is 12.8. The van der Waals surface area contributed by atoms with Crippen molar-refractivity contribution in [2.75, 3.05) is 5.75 Å². The highest BCUT2D eigenvalue weighted by Crippen LogP contribution is 2.25. The van der Waals surface area contributed by atoms with Gasteiger partial charge in [0.15, 0.2) is 4.29 Å². The molecule has 1 unspecified atom stereocenters. The maximum atomic E-state index is 12.8. The molecule has 0 aromatic heterocycles.